The Kier molecular flexibility index (Phi) is 4.33. The van der Waals surface area contributed by atoms with Crippen LogP contribution in [0, 0.1) is 11.3 Å². The van der Waals surface area contributed by atoms with Crippen LogP contribution in [0.5, 0.6) is 0 Å². The van der Waals surface area contributed by atoms with E-state index in [1.165, 1.54) is 25.7 Å². The van der Waals surface area contributed by atoms with Crippen LogP contribution in [0.25, 0.3) is 0 Å². The molecule has 0 heterocycles. The fourth-order valence-electron chi connectivity index (χ4n) is 2.37. The summed E-state index contributed by atoms with van der Waals surface area (Å²) < 4.78 is 0. The Balaban J connectivity index is 1.96. The summed E-state index contributed by atoms with van der Waals surface area (Å²) in [7, 11) is 0. The first kappa shape index (κ1) is 12.3. The van der Waals surface area contributed by atoms with Crippen molar-refractivity contribution in [1.29, 1.82) is 5.26 Å². The fourth-order valence-corrected chi connectivity index (χ4v) is 3.11. The molecule has 1 fully saturated rings. The Labute approximate surface area is 107 Å². The monoisotopic (exact) mass is 246 g/mol. The Morgan fingerprint density at radius 1 is 1.24 bits per heavy atom. The van der Waals surface area contributed by atoms with Gasteiger partial charge in [-0.1, -0.05) is 12.1 Å². The van der Waals surface area contributed by atoms with Gasteiger partial charge in [0.25, 0.3) is 0 Å². The first-order valence-electron chi connectivity index (χ1n) is 6.12. The first-order chi connectivity index (χ1) is 8.33. The molecule has 0 aromatic heterocycles. The highest BCUT2D eigenvalue weighted by Crippen LogP contribution is 2.29. The molecule has 90 valence electrons. The first-order valence-corrected chi connectivity index (χ1v) is 7.40. The molecule has 2 rings (SSSR count). The Bertz CT molecular complexity index is 403. The van der Waals surface area contributed by atoms with Crippen molar-refractivity contribution in [3.63, 3.8) is 0 Å². The van der Waals surface area contributed by atoms with Crippen LogP contribution in [0.1, 0.15) is 31.2 Å². The van der Waals surface area contributed by atoms with E-state index in [-0.39, 0.29) is 0 Å². The zero-order chi connectivity index (χ0) is 12.1. The van der Waals surface area contributed by atoms with E-state index in [2.05, 4.69) is 17.6 Å². The number of benzene rings is 1. The topological polar surface area (TPSA) is 35.8 Å². The number of nitriles is 1. The van der Waals surface area contributed by atoms with Gasteiger partial charge in [0.1, 0.15) is 6.07 Å². The van der Waals surface area contributed by atoms with Crippen molar-refractivity contribution >= 4 is 17.4 Å². The van der Waals surface area contributed by atoms with Crippen molar-refractivity contribution in [1.82, 2.24) is 0 Å². The van der Waals surface area contributed by atoms with Crippen LogP contribution in [-0.4, -0.2) is 17.5 Å². The molecule has 0 saturated heterocycles. The third kappa shape index (κ3) is 3.17. The van der Waals surface area contributed by atoms with Crippen LogP contribution in [0.2, 0.25) is 0 Å². The lowest BCUT2D eigenvalue weighted by Gasteiger charge is -2.29. The zero-order valence-electron chi connectivity index (χ0n) is 10.1. The minimum atomic E-state index is 0.535. The molecule has 1 saturated carbocycles. The lowest BCUT2D eigenvalue weighted by Crippen LogP contribution is -2.27. The smallest absolute Gasteiger partial charge is 0.101 e. The summed E-state index contributed by atoms with van der Waals surface area (Å²) in [6.45, 7) is 0. The van der Waals surface area contributed by atoms with Gasteiger partial charge in [0.05, 0.1) is 11.3 Å². The molecule has 2 nitrogen and oxygen atoms in total. The summed E-state index contributed by atoms with van der Waals surface area (Å²) in [6, 6.07) is 10.5. The molecule has 0 amide bonds. The van der Waals surface area contributed by atoms with Crippen LogP contribution in [-0.2, 0) is 0 Å². The summed E-state index contributed by atoms with van der Waals surface area (Å²) in [5.41, 5.74) is 1.74. The molecule has 0 aliphatic heterocycles. The molecule has 0 bridgehead atoms. The van der Waals surface area contributed by atoms with Gasteiger partial charge < -0.3 is 5.32 Å². The minimum Gasteiger partial charge on any atom is -0.381 e. The molecule has 0 unspecified atom stereocenters. The number of nitrogens with one attached hydrogen (secondary N) is 1. The van der Waals surface area contributed by atoms with Gasteiger partial charge in [-0.05, 0) is 44.1 Å². The van der Waals surface area contributed by atoms with Crippen LogP contribution >= 0.6 is 11.8 Å². The molecular weight excluding hydrogens is 228 g/mol. The summed E-state index contributed by atoms with van der Waals surface area (Å²) in [5, 5.41) is 13.4. The largest absolute Gasteiger partial charge is 0.381 e. The molecule has 1 aliphatic rings. The Morgan fingerprint density at radius 3 is 2.59 bits per heavy atom. The van der Waals surface area contributed by atoms with Crippen molar-refractivity contribution in [2.24, 2.45) is 0 Å². The normalized spacial score (nSPS) is 24.0. The summed E-state index contributed by atoms with van der Waals surface area (Å²) in [6.07, 6.45) is 7.20. The van der Waals surface area contributed by atoms with E-state index < -0.39 is 0 Å². The molecule has 0 spiro atoms. The minimum absolute atomic E-state index is 0.535. The predicted molar refractivity (Wildman–Crippen MR) is 74.3 cm³/mol. The SMILES string of the molecule is CSC1CCC(Nc2ccccc2C#N)CC1. The lowest BCUT2D eigenvalue weighted by molar-refractivity contribution is 0.473. The molecule has 1 N–H and O–H groups in total. The average Bonchev–Trinajstić information content (AvgIpc) is 2.40. The molecule has 1 aromatic carbocycles. The van der Waals surface area contributed by atoms with Gasteiger partial charge in [0.15, 0.2) is 0 Å². The van der Waals surface area contributed by atoms with E-state index in [9.17, 15) is 0 Å². The number of hydrogen-bond donors (Lipinski definition) is 1. The zero-order valence-corrected chi connectivity index (χ0v) is 11.0. The Morgan fingerprint density at radius 2 is 1.94 bits per heavy atom. The van der Waals surface area contributed by atoms with Crippen molar-refractivity contribution in [2.75, 3.05) is 11.6 Å². The van der Waals surface area contributed by atoms with Crippen molar-refractivity contribution in [2.45, 2.75) is 37.0 Å². The van der Waals surface area contributed by atoms with Crippen LogP contribution in [0.3, 0.4) is 0 Å². The number of rotatable bonds is 3. The second-order valence-corrected chi connectivity index (χ2v) is 5.65. The second kappa shape index (κ2) is 5.97. The highest BCUT2D eigenvalue weighted by atomic mass is 32.2. The fraction of sp³-hybridized carbons (Fsp3) is 0.500. The van der Waals surface area contributed by atoms with Gasteiger partial charge >= 0.3 is 0 Å². The molecule has 0 radical (unpaired) electrons. The highest BCUT2D eigenvalue weighted by molar-refractivity contribution is 7.99. The van der Waals surface area contributed by atoms with Crippen molar-refractivity contribution in [3.05, 3.63) is 29.8 Å². The second-order valence-electron chi connectivity index (χ2n) is 4.51. The van der Waals surface area contributed by atoms with Crippen molar-refractivity contribution < 1.29 is 0 Å². The number of hydrogen-bond acceptors (Lipinski definition) is 3. The third-order valence-corrected chi connectivity index (χ3v) is 4.55. The molecule has 1 aliphatic carbocycles. The highest BCUT2D eigenvalue weighted by Gasteiger charge is 2.20. The van der Waals surface area contributed by atoms with E-state index in [0.29, 0.717) is 6.04 Å². The summed E-state index contributed by atoms with van der Waals surface area (Å²) in [4.78, 5) is 0. The molecular formula is C14H18N2S. The van der Waals surface area contributed by atoms with E-state index in [0.717, 1.165) is 16.5 Å². The maximum absolute atomic E-state index is 9.03. The summed E-state index contributed by atoms with van der Waals surface area (Å²) in [5.74, 6) is 0. The van der Waals surface area contributed by atoms with Gasteiger partial charge in [0, 0.05) is 11.3 Å². The van der Waals surface area contributed by atoms with Crippen molar-refractivity contribution in [3.8, 4) is 6.07 Å². The lowest BCUT2D eigenvalue weighted by atomic mass is 9.94. The van der Waals surface area contributed by atoms with Gasteiger partial charge in [-0.2, -0.15) is 17.0 Å². The van der Waals surface area contributed by atoms with Gasteiger partial charge in [-0.3, -0.25) is 0 Å². The quantitative estimate of drug-likeness (QED) is 0.884. The Hall–Kier alpha value is -1.14. The van der Waals surface area contributed by atoms with Gasteiger partial charge in [-0.15, -0.1) is 0 Å². The molecule has 1 aromatic rings. The standard InChI is InChI=1S/C14H18N2S/c1-17-13-8-6-12(7-9-13)16-14-5-3-2-4-11(14)10-15/h2-5,12-13,16H,6-9H2,1H3. The van der Waals surface area contributed by atoms with Gasteiger partial charge in [-0.25, -0.2) is 0 Å². The maximum atomic E-state index is 9.03. The summed E-state index contributed by atoms with van der Waals surface area (Å²) >= 11 is 1.98. The third-order valence-electron chi connectivity index (χ3n) is 3.41. The molecule has 17 heavy (non-hydrogen) atoms. The number of nitrogens with zero attached hydrogens (tertiary/aromatic N) is 1. The average molecular weight is 246 g/mol. The van der Waals surface area contributed by atoms with E-state index in [4.69, 9.17) is 5.26 Å². The number of para-hydroxylation sites is 1. The molecule has 3 heteroatoms. The van der Waals surface area contributed by atoms with E-state index in [1.807, 2.05) is 36.0 Å². The van der Waals surface area contributed by atoms with E-state index >= 15 is 0 Å². The maximum Gasteiger partial charge on any atom is 0.101 e. The number of anilines is 1. The number of thioether (sulfide) groups is 1. The van der Waals surface area contributed by atoms with Crippen LogP contribution in [0.4, 0.5) is 5.69 Å². The van der Waals surface area contributed by atoms with Crippen LogP contribution in [0.15, 0.2) is 24.3 Å². The van der Waals surface area contributed by atoms with E-state index in [1.54, 1.807) is 0 Å². The molecule has 0 atom stereocenters. The van der Waals surface area contributed by atoms with Crippen LogP contribution < -0.4 is 5.32 Å². The van der Waals surface area contributed by atoms with Gasteiger partial charge in [0.2, 0.25) is 0 Å². The predicted octanol–water partition coefficient (Wildman–Crippen LogP) is 3.64.